The summed E-state index contributed by atoms with van der Waals surface area (Å²) in [6, 6.07) is 21.9. The van der Waals surface area contributed by atoms with Crippen LogP contribution in [0.5, 0.6) is 5.75 Å². The number of fused-ring (bicyclic) bond motifs is 1. The highest BCUT2D eigenvalue weighted by Crippen LogP contribution is 2.73. The fourth-order valence-corrected chi connectivity index (χ4v) is 5.10. The largest absolute Gasteiger partial charge is 0.472 e. The van der Waals surface area contributed by atoms with Crippen LogP contribution >= 0.6 is 0 Å². The first-order chi connectivity index (χ1) is 14.2. The molecule has 0 aromatic heterocycles. The Labute approximate surface area is 176 Å². The third-order valence-corrected chi connectivity index (χ3v) is 7.28. The molecule has 5 rings (SSSR count). The van der Waals surface area contributed by atoms with Crippen LogP contribution < -0.4 is 4.74 Å². The number of ether oxygens (including phenoxy) is 1. The molecule has 3 aromatic rings. The molecular formula is C27H24F2O. The van der Waals surface area contributed by atoms with Gasteiger partial charge in [0.15, 0.2) is 17.2 Å². The second-order valence-electron chi connectivity index (χ2n) is 9.27. The zero-order chi connectivity index (χ0) is 21.3. The van der Waals surface area contributed by atoms with Crippen LogP contribution in [0.15, 0.2) is 78.4 Å². The average Bonchev–Trinajstić information content (AvgIpc) is 2.99. The van der Waals surface area contributed by atoms with Crippen molar-refractivity contribution in [1.29, 1.82) is 0 Å². The Morgan fingerprint density at radius 2 is 1.30 bits per heavy atom. The number of hydrogen-bond donors (Lipinski definition) is 0. The Kier molecular flexibility index (Phi) is 3.83. The molecule has 1 fully saturated rings. The van der Waals surface area contributed by atoms with E-state index in [2.05, 4.69) is 33.8 Å². The maximum Gasteiger partial charge on any atom is 0.185 e. The smallest absolute Gasteiger partial charge is 0.185 e. The van der Waals surface area contributed by atoms with E-state index < -0.39 is 17.2 Å². The van der Waals surface area contributed by atoms with Crippen LogP contribution in [-0.4, -0.2) is 0 Å². The van der Waals surface area contributed by atoms with Crippen molar-refractivity contribution in [3.63, 3.8) is 0 Å². The Hall–Kier alpha value is -2.94. The third-order valence-electron chi connectivity index (χ3n) is 7.28. The molecule has 2 aliphatic rings. The summed E-state index contributed by atoms with van der Waals surface area (Å²) >= 11 is 0. The minimum atomic E-state index is -1.04. The van der Waals surface area contributed by atoms with Gasteiger partial charge in [-0.3, -0.25) is 0 Å². The van der Waals surface area contributed by atoms with Gasteiger partial charge in [-0.25, -0.2) is 8.78 Å². The van der Waals surface area contributed by atoms with Crippen LogP contribution in [0.25, 0.3) is 5.57 Å². The number of benzene rings is 3. The van der Waals surface area contributed by atoms with E-state index >= 15 is 0 Å². The molecule has 1 aliphatic heterocycles. The van der Waals surface area contributed by atoms with E-state index in [-0.39, 0.29) is 10.8 Å². The first kappa shape index (κ1) is 19.0. The topological polar surface area (TPSA) is 9.23 Å². The van der Waals surface area contributed by atoms with Crippen LogP contribution in [-0.2, 0) is 5.60 Å². The SMILES string of the molecule is CC1(C)C(=C2c3ccccc3OC2(c2ccccc2)c2ccc(F)c(F)c2)C1(C)C. The maximum absolute atomic E-state index is 14.4. The van der Waals surface area contributed by atoms with Crippen molar-refractivity contribution in [2.45, 2.75) is 33.3 Å². The van der Waals surface area contributed by atoms with Gasteiger partial charge >= 0.3 is 0 Å². The molecule has 0 spiro atoms. The molecule has 0 amide bonds. The number of halogens is 2. The normalized spacial score (nSPS) is 23.1. The average molecular weight is 402 g/mol. The van der Waals surface area contributed by atoms with Crippen molar-refractivity contribution in [2.75, 3.05) is 0 Å². The summed E-state index contributed by atoms with van der Waals surface area (Å²) in [4.78, 5) is 0. The van der Waals surface area contributed by atoms with Crippen molar-refractivity contribution in [3.8, 4) is 5.75 Å². The molecule has 1 heterocycles. The lowest BCUT2D eigenvalue weighted by molar-refractivity contribution is 0.191. The molecule has 30 heavy (non-hydrogen) atoms. The summed E-state index contributed by atoms with van der Waals surface area (Å²) in [5, 5.41) is 0. The first-order valence-corrected chi connectivity index (χ1v) is 10.3. The van der Waals surface area contributed by atoms with Gasteiger partial charge in [-0.1, -0.05) is 82.3 Å². The molecule has 152 valence electrons. The number of rotatable bonds is 2. The van der Waals surface area contributed by atoms with E-state index in [4.69, 9.17) is 4.74 Å². The molecule has 1 nitrogen and oxygen atoms in total. The van der Waals surface area contributed by atoms with Crippen LogP contribution in [0.1, 0.15) is 44.4 Å². The Morgan fingerprint density at radius 3 is 1.93 bits per heavy atom. The van der Waals surface area contributed by atoms with Crippen molar-refractivity contribution >= 4 is 5.57 Å². The highest BCUT2D eigenvalue weighted by Gasteiger charge is 2.65. The lowest BCUT2D eigenvalue weighted by Gasteiger charge is -2.32. The molecule has 1 saturated carbocycles. The maximum atomic E-state index is 14.4. The first-order valence-electron chi connectivity index (χ1n) is 10.3. The summed E-state index contributed by atoms with van der Waals surface area (Å²) in [5.41, 5.74) is 3.71. The standard InChI is InChI=1S/C27H24F2O/c1-25(2)24(26(25,3)4)23-19-12-8-9-13-22(19)30-27(23,17-10-6-5-7-11-17)18-14-15-20(28)21(29)16-18/h5-16H,1-4H3. The molecule has 0 bridgehead atoms. The summed E-state index contributed by atoms with van der Waals surface area (Å²) in [5.74, 6) is -0.980. The molecule has 1 aliphatic carbocycles. The highest BCUT2D eigenvalue weighted by molar-refractivity contribution is 5.90. The minimum Gasteiger partial charge on any atom is -0.472 e. The van der Waals surface area contributed by atoms with E-state index in [1.165, 1.54) is 17.7 Å². The lowest BCUT2D eigenvalue weighted by Crippen LogP contribution is -2.32. The second-order valence-corrected chi connectivity index (χ2v) is 9.27. The van der Waals surface area contributed by atoms with E-state index in [9.17, 15) is 8.78 Å². The van der Waals surface area contributed by atoms with Crippen molar-refractivity contribution < 1.29 is 13.5 Å². The van der Waals surface area contributed by atoms with Gasteiger partial charge in [0.2, 0.25) is 0 Å². The fraction of sp³-hybridized carbons (Fsp3) is 0.259. The van der Waals surface area contributed by atoms with Crippen molar-refractivity contribution in [2.24, 2.45) is 10.8 Å². The predicted octanol–water partition coefficient (Wildman–Crippen LogP) is 7.12. The Morgan fingerprint density at radius 1 is 0.667 bits per heavy atom. The molecule has 1 atom stereocenters. The minimum absolute atomic E-state index is 0.0399. The van der Waals surface area contributed by atoms with Gasteiger partial charge in [-0.15, -0.1) is 0 Å². The second kappa shape index (κ2) is 6.04. The quantitative estimate of drug-likeness (QED) is 0.443. The van der Waals surface area contributed by atoms with Crippen LogP contribution in [0.4, 0.5) is 8.78 Å². The fourth-order valence-electron chi connectivity index (χ4n) is 5.10. The van der Waals surface area contributed by atoms with Gasteiger partial charge in [-0.2, -0.15) is 0 Å². The molecule has 3 aromatic carbocycles. The zero-order valence-electron chi connectivity index (χ0n) is 17.6. The van der Waals surface area contributed by atoms with Crippen molar-refractivity contribution in [3.05, 3.63) is 107 Å². The van der Waals surface area contributed by atoms with E-state index in [0.717, 1.165) is 22.4 Å². The van der Waals surface area contributed by atoms with Crippen molar-refractivity contribution in [1.82, 2.24) is 0 Å². The lowest BCUT2D eigenvalue weighted by atomic mass is 9.77. The van der Waals surface area contributed by atoms with E-state index in [1.54, 1.807) is 6.07 Å². The Balaban J connectivity index is 1.92. The van der Waals surface area contributed by atoms with Gasteiger partial charge in [0.05, 0.1) is 0 Å². The van der Waals surface area contributed by atoms with Gasteiger partial charge in [0, 0.05) is 22.3 Å². The van der Waals surface area contributed by atoms with Gasteiger partial charge in [-0.05, 0) is 34.6 Å². The zero-order valence-corrected chi connectivity index (χ0v) is 17.6. The predicted molar refractivity (Wildman–Crippen MR) is 115 cm³/mol. The molecule has 0 saturated heterocycles. The number of allylic oxidation sites excluding steroid dienone is 1. The van der Waals surface area contributed by atoms with Gasteiger partial charge in [0.25, 0.3) is 0 Å². The van der Waals surface area contributed by atoms with E-state index in [1.807, 2.05) is 48.5 Å². The van der Waals surface area contributed by atoms with Gasteiger partial charge < -0.3 is 4.74 Å². The number of hydrogen-bond acceptors (Lipinski definition) is 1. The van der Waals surface area contributed by atoms with E-state index in [0.29, 0.717) is 5.56 Å². The molecule has 0 radical (unpaired) electrons. The molecular weight excluding hydrogens is 378 g/mol. The van der Waals surface area contributed by atoms with Crippen LogP contribution in [0.2, 0.25) is 0 Å². The monoisotopic (exact) mass is 402 g/mol. The third kappa shape index (κ3) is 2.32. The van der Waals surface area contributed by atoms with Gasteiger partial charge in [0.1, 0.15) is 5.75 Å². The molecule has 3 heteroatoms. The van der Waals surface area contributed by atoms with Crippen LogP contribution in [0, 0.1) is 22.5 Å². The molecule has 1 unspecified atom stereocenters. The number of para-hydroxylation sites is 1. The Bertz CT molecular complexity index is 1170. The summed E-state index contributed by atoms with van der Waals surface area (Å²) < 4.78 is 35.0. The summed E-state index contributed by atoms with van der Waals surface area (Å²) in [7, 11) is 0. The summed E-state index contributed by atoms with van der Waals surface area (Å²) in [6.07, 6.45) is 0. The highest BCUT2D eigenvalue weighted by atomic mass is 19.2. The summed E-state index contributed by atoms with van der Waals surface area (Å²) in [6.45, 7) is 8.93. The van der Waals surface area contributed by atoms with Crippen LogP contribution in [0.3, 0.4) is 0 Å². The molecule has 0 N–H and O–H groups in total.